The first kappa shape index (κ1) is 13.1. The van der Waals surface area contributed by atoms with E-state index in [-0.39, 0.29) is 0 Å². The molecule has 0 aliphatic heterocycles. The second-order valence-corrected chi connectivity index (χ2v) is 6.84. The Morgan fingerprint density at radius 3 is 2.53 bits per heavy atom. The number of thiophene rings is 1. The molecule has 2 rings (SSSR count). The Bertz CT molecular complexity index is 355. The van der Waals surface area contributed by atoms with E-state index >= 15 is 0 Å². The number of nitrogens with zero attached hydrogens (tertiary/aromatic N) is 1. The summed E-state index contributed by atoms with van der Waals surface area (Å²) in [6, 6.07) is 5.69. The standard InChI is InChI=1S/C14H24N2S/c1-10(2)9-16(12-5-6-12)13(8-15)14-7-4-11(3)17-14/h4,7,10,12-13H,5-6,8-9,15H2,1-3H3. The quantitative estimate of drug-likeness (QED) is 0.842. The van der Waals surface area contributed by atoms with Gasteiger partial charge in [0.15, 0.2) is 0 Å². The zero-order valence-electron chi connectivity index (χ0n) is 11.1. The first-order valence-electron chi connectivity index (χ1n) is 6.64. The smallest absolute Gasteiger partial charge is 0.0566 e. The van der Waals surface area contributed by atoms with Crippen LogP contribution in [-0.2, 0) is 0 Å². The first-order chi connectivity index (χ1) is 8.11. The zero-order chi connectivity index (χ0) is 12.4. The average molecular weight is 252 g/mol. The normalized spacial score (nSPS) is 18.0. The fourth-order valence-corrected chi connectivity index (χ4v) is 3.42. The van der Waals surface area contributed by atoms with E-state index in [1.165, 1.54) is 29.1 Å². The summed E-state index contributed by atoms with van der Waals surface area (Å²) >= 11 is 1.90. The van der Waals surface area contributed by atoms with E-state index in [0.717, 1.165) is 12.6 Å². The van der Waals surface area contributed by atoms with Gasteiger partial charge in [0.1, 0.15) is 0 Å². The van der Waals surface area contributed by atoms with E-state index < -0.39 is 0 Å². The second kappa shape index (κ2) is 5.51. The molecule has 0 bridgehead atoms. The third-order valence-corrected chi connectivity index (χ3v) is 4.41. The van der Waals surface area contributed by atoms with Gasteiger partial charge in [-0.05, 0) is 37.8 Å². The molecule has 0 spiro atoms. The van der Waals surface area contributed by atoms with E-state index in [0.29, 0.717) is 12.0 Å². The second-order valence-electron chi connectivity index (χ2n) is 5.52. The molecule has 1 saturated carbocycles. The fourth-order valence-electron chi connectivity index (χ4n) is 2.41. The van der Waals surface area contributed by atoms with Gasteiger partial charge < -0.3 is 5.73 Å². The highest BCUT2D eigenvalue weighted by Crippen LogP contribution is 2.36. The molecule has 1 unspecified atom stereocenters. The number of rotatable bonds is 6. The largest absolute Gasteiger partial charge is 0.329 e. The average Bonchev–Trinajstić information content (AvgIpc) is 3.02. The van der Waals surface area contributed by atoms with Gasteiger partial charge in [-0.3, -0.25) is 4.90 Å². The summed E-state index contributed by atoms with van der Waals surface area (Å²) in [5.74, 6) is 0.714. The molecule has 1 aliphatic rings. The Hall–Kier alpha value is -0.380. The van der Waals surface area contributed by atoms with Crippen molar-refractivity contribution in [3.8, 4) is 0 Å². The molecular formula is C14H24N2S. The summed E-state index contributed by atoms with van der Waals surface area (Å²) in [6.45, 7) is 8.67. The van der Waals surface area contributed by atoms with Crippen molar-refractivity contribution in [3.63, 3.8) is 0 Å². The fraction of sp³-hybridized carbons (Fsp3) is 0.714. The van der Waals surface area contributed by atoms with Gasteiger partial charge in [0, 0.05) is 28.9 Å². The lowest BCUT2D eigenvalue weighted by atomic mass is 10.1. The van der Waals surface area contributed by atoms with Crippen LogP contribution in [0.15, 0.2) is 12.1 Å². The lowest BCUT2D eigenvalue weighted by Crippen LogP contribution is -2.37. The van der Waals surface area contributed by atoms with E-state index in [9.17, 15) is 0 Å². The monoisotopic (exact) mass is 252 g/mol. The summed E-state index contributed by atoms with van der Waals surface area (Å²) in [7, 11) is 0. The van der Waals surface area contributed by atoms with Crippen LogP contribution in [0.25, 0.3) is 0 Å². The summed E-state index contributed by atoms with van der Waals surface area (Å²) < 4.78 is 0. The summed E-state index contributed by atoms with van der Waals surface area (Å²) in [4.78, 5) is 5.46. The van der Waals surface area contributed by atoms with Gasteiger partial charge in [0.2, 0.25) is 0 Å². The van der Waals surface area contributed by atoms with Crippen LogP contribution in [0.4, 0.5) is 0 Å². The van der Waals surface area contributed by atoms with Crippen molar-refractivity contribution in [2.24, 2.45) is 11.7 Å². The van der Waals surface area contributed by atoms with Crippen LogP contribution in [-0.4, -0.2) is 24.0 Å². The molecule has 17 heavy (non-hydrogen) atoms. The van der Waals surface area contributed by atoms with Crippen molar-refractivity contribution in [3.05, 3.63) is 21.9 Å². The molecule has 0 radical (unpaired) electrons. The summed E-state index contributed by atoms with van der Waals surface area (Å²) in [6.07, 6.45) is 2.71. The minimum absolute atomic E-state index is 0.434. The lowest BCUT2D eigenvalue weighted by Gasteiger charge is -2.31. The van der Waals surface area contributed by atoms with Crippen LogP contribution in [0.2, 0.25) is 0 Å². The van der Waals surface area contributed by atoms with Crippen LogP contribution >= 0.6 is 11.3 Å². The van der Waals surface area contributed by atoms with Crippen LogP contribution in [0.5, 0.6) is 0 Å². The maximum Gasteiger partial charge on any atom is 0.0566 e. The number of aryl methyl sites for hydroxylation is 1. The number of nitrogens with two attached hydrogens (primary N) is 1. The minimum Gasteiger partial charge on any atom is -0.329 e. The molecule has 0 aromatic carbocycles. The van der Waals surface area contributed by atoms with Crippen LogP contribution in [0.1, 0.15) is 42.5 Å². The van der Waals surface area contributed by atoms with Crippen LogP contribution in [0, 0.1) is 12.8 Å². The minimum atomic E-state index is 0.434. The van der Waals surface area contributed by atoms with Gasteiger partial charge >= 0.3 is 0 Å². The SMILES string of the molecule is Cc1ccc(C(CN)N(CC(C)C)C2CC2)s1. The van der Waals surface area contributed by atoms with E-state index in [2.05, 4.69) is 37.8 Å². The molecular weight excluding hydrogens is 228 g/mol. The Morgan fingerprint density at radius 2 is 2.12 bits per heavy atom. The van der Waals surface area contributed by atoms with Gasteiger partial charge in [-0.1, -0.05) is 13.8 Å². The van der Waals surface area contributed by atoms with Gasteiger partial charge in [0.05, 0.1) is 6.04 Å². The topological polar surface area (TPSA) is 29.3 Å². The van der Waals surface area contributed by atoms with Crippen molar-refractivity contribution < 1.29 is 0 Å². The Kier molecular flexibility index (Phi) is 4.23. The van der Waals surface area contributed by atoms with Crippen molar-refractivity contribution in [2.45, 2.75) is 45.7 Å². The molecule has 1 heterocycles. The van der Waals surface area contributed by atoms with Gasteiger partial charge in [-0.25, -0.2) is 0 Å². The first-order valence-corrected chi connectivity index (χ1v) is 7.45. The molecule has 2 N–H and O–H groups in total. The Balaban J connectivity index is 2.13. The molecule has 1 aromatic heterocycles. The van der Waals surface area contributed by atoms with Gasteiger partial charge in [0.25, 0.3) is 0 Å². The maximum atomic E-state index is 6.02. The molecule has 1 aliphatic carbocycles. The van der Waals surface area contributed by atoms with Crippen molar-refractivity contribution in [2.75, 3.05) is 13.1 Å². The molecule has 0 amide bonds. The summed E-state index contributed by atoms with van der Waals surface area (Å²) in [5, 5.41) is 0. The van der Waals surface area contributed by atoms with Crippen molar-refractivity contribution in [1.82, 2.24) is 4.90 Å². The zero-order valence-corrected chi connectivity index (χ0v) is 12.0. The lowest BCUT2D eigenvalue weighted by molar-refractivity contribution is 0.172. The van der Waals surface area contributed by atoms with E-state index in [4.69, 9.17) is 5.73 Å². The van der Waals surface area contributed by atoms with Crippen molar-refractivity contribution in [1.29, 1.82) is 0 Å². The van der Waals surface area contributed by atoms with Gasteiger partial charge in [-0.2, -0.15) is 0 Å². The maximum absolute atomic E-state index is 6.02. The molecule has 1 aromatic rings. The molecule has 1 atom stereocenters. The molecule has 1 fully saturated rings. The summed E-state index contributed by atoms with van der Waals surface area (Å²) in [5.41, 5.74) is 6.02. The Labute approximate surface area is 109 Å². The number of hydrogen-bond donors (Lipinski definition) is 1. The third-order valence-electron chi connectivity index (χ3n) is 3.31. The Morgan fingerprint density at radius 1 is 1.41 bits per heavy atom. The third kappa shape index (κ3) is 3.30. The van der Waals surface area contributed by atoms with E-state index in [1.807, 2.05) is 11.3 Å². The highest BCUT2D eigenvalue weighted by molar-refractivity contribution is 7.12. The highest BCUT2D eigenvalue weighted by atomic mass is 32.1. The van der Waals surface area contributed by atoms with Crippen LogP contribution < -0.4 is 5.73 Å². The van der Waals surface area contributed by atoms with E-state index in [1.54, 1.807) is 0 Å². The van der Waals surface area contributed by atoms with Crippen LogP contribution in [0.3, 0.4) is 0 Å². The predicted molar refractivity (Wildman–Crippen MR) is 75.4 cm³/mol. The highest BCUT2D eigenvalue weighted by Gasteiger charge is 2.34. The molecule has 3 heteroatoms. The molecule has 96 valence electrons. The predicted octanol–water partition coefficient (Wildman–Crippen LogP) is 3.18. The molecule has 0 saturated heterocycles. The van der Waals surface area contributed by atoms with Gasteiger partial charge in [-0.15, -0.1) is 11.3 Å². The molecule has 2 nitrogen and oxygen atoms in total. The number of hydrogen-bond acceptors (Lipinski definition) is 3. The van der Waals surface area contributed by atoms with Crippen molar-refractivity contribution >= 4 is 11.3 Å².